The summed E-state index contributed by atoms with van der Waals surface area (Å²) in [5, 5.41) is 10.5. The average Bonchev–Trinajstić information content (AvgIpc) is 2.39. The van der Waals surface area contributed by atoms with Crippen LogP contribution in [0.4, 0.5) is 0 Å². The van der Waals surface area contributed by atoms with Gasteiger partial charge in [-0.1, -0.05) is 28.1 Å². The molecular formula is C13H18BrNO2. The molecule has 0 bridgehead atoms. The van der Waals surface area contributed by atoms with Crippen LogP contribution in [0.5, 0.6) is 0 Å². The topological polar surface area (TPSA) is 55.5 Å². The fourth-order valence-electron chi connectivity index (χ4n) is 2.37. The molecule has 0 amide bonds. The van der Waals surface area contributed by atoms with Gasteiger partial charge in [0.2, 0.25) is 0 Å². The van der Waals surface area contributed by atoms with Crippen molar-refractivity contribution in [2.75, 3.05) is 19.8 Å². The van der Waals surface area contributed by atoms with E-state index in [0.717, 1.165) is 22.9 Å². The van der Waals surface area contributed by atoms with Crippen molar-refractivity contribution in [2.45, 2.75) is 18.9 Å². The molecule has 3 nitrogen and oxygen atoms in total. The molecule has 0 aliphatic carbocycles. The van der Waals surface area contributed by atoms with Crippen LogP contribution in [-0.4, -0.2) is 24.9 Å². The first kappa shape index (κ1) is 13.0. The zero-order valence-electron chi connectivity index (χ0n) is 9.73. The van der Waals surface area contributed by atoms with E-state index in [1.807, 2.05) is 24.3 Å². The lowest BCUT2D eigenvalue weighted by atomic mass is 9.73. The van der Waals surface area contributed by atoms with E-state index >= 15 is 0 Å². The molecule has 1 heterocycles. The fourth-order valence-corrected chi connectivity index (χ4v) is 2.63. The van der Waals surface area contributed by atoms with Crippen LogP contribution in [0, 0.1) is 5.41 Å². The summed E-state index contributed by atoms with van der Waals surface area (Å²) in [7, 11) is 0. The number of hydrogen-bond acceptors (Lipinski definition) is 3. The van der Waals surface area contributed by atoms with Crippen molar-refractivity contribution in [1.82, 2.24) is 0 Å². The van der Waals surface area contributed by atoms with Crippen LogP contribution in [-0.2, 0) is 4.74 Å². The highest BCUT2D eigenvalue weighted by Gasteiger charge is 2.39. The van der Waals surface area contributed by atoms with Gasteiger partial charge in [0.15, 0.2) is 0 Å². The first-order valence-electron chi connectivity index (χ1n) is 5.89. The van der Waals surface area contributed by atoms with Gasteiger partial charge in [-0.25, -0.2) is 0 Å². The average molecular weight is 300 g/mol. The number of aliphatic hydroxyl groups excluding tert-OH is 1. The molecule has 17 heavy (non-hydrogen) atoms. The normalized spacial score (nSPS) is 21.1. The van der Waals surface area contributed by atoms with Crippen LogP contribution in [0.1, 0.15) is 24.5 Å². The molecule has 1 aromatic rings. The Hall–Kier alpha value is -0.420. The lowest BCUT2D eigenvalue weighted by Gasteiger charge is -2.40. The SMILES string of the molecule is NCC1(C(O)c2ccc(Br)cc2)CCOCC1. The van der Waals surface area contributed by atoms with Gasteiger partial charge in [0.25, 0.3) is 0 Å². The molecule has 0 spiro atoms. The standard InChI is InChI=1S/C13H18BrNO2/c14-11-3-1-10(2-4-11)12(16)13(9-15)5-7-17-8-6-13/h1-4,12,16H,5-9,15H2. The largest absolute Gasteiger partial charge is 0.388 e. The Bertz CT molecular complexity index is 360. The molecule has 0 aromatic heterocycles. The molecule has 1 fully saturated rings. The number of halogens is 1. The number of benzene rings is 1. The highest BCUT2D eigenvalue weighted by atomic mass is 79.9. The predicted molar refractivity (Wildman–Crippen MR) is 70.6 cm³/mol. The highest BCUT2D eigenvalue weighted by Crippen LogP contribution is 2.41. The molecule has 0 radical (unpaired) electrons. The Kier molecular flexibility index (Phi) is 4.20. The molecule has 0 saturated carbocycles. The quantitative estimate of drug-likeness (QED) is 0.900. The zero-order chi connectivity index (χ0) is 12.3. The smallest absolute Gasteiger partial charge is 0.0860 e. The zero-order valence-corrected chi connectivity index (χ0v) is 11.3. The minimum atomic E-state index is -0.510. The van der Waals surface area contributed by atoms with Gasteiger partial charge in [-0.15, -0.1) is 0 Å². The summed E-state index contributed by atoms with van der Waals surface area (Å²) in [6.07, 6.45) is 1.13. The summed E-state index contributed by atoms with van der Waals surface area (Å²) in [5.41, 5.74) is 6.58. The van der Waals surface area contributed by atoms with Gasteiger partial charge >= 0.3 is 0 Å². The Labute approximate surface area is 110 Å². The van der Waals surface area contributed by atoms with Crippen LogP contribution in [0.2, 0.25) is 0 Å². The van der Waals surface area contributed by atoms with E-state index < -0.39 is 6.10 Å². The second-order valence-electron chi connectivity index (χ2n) is 4.63. The molecule has 1 unspecified atom stereocenters. The monoisotopic (exact) mass is 299 g/mol. The van der Waals surface area contributed by atoms with Crippen molar-refractivity contribution in [3.63, 3.8) is 0 Å². The van der Waals surface area contributed by atoms with Gasteiger partial charge in [-0.05, 0) is 30.5 Å². The molecule has 94 valence electrons. The van der Waals surface area contributed by atoms with Crippen LogP contribution < -0.4 is 5.73 Å². The number of aliphatic hydroxyl groups is 1. The summed E-state index contributed by atoms with van der Waals surface area (Å²) in [5.74, 6) is 0. The lowest BCUT2D eigenvalue weighted by molar-refractivity contribution is -0.0581. The van der Waals surface area contributed by atoms with E-state index in [2.05, 4.69) is 15.9 Å². The lowest BCUT2D eigenvalue weighted by Crippen LogP contribution is -2.41. The third kappa shape index (κ3) is 2.71. The Morgan fingerprint density at radius 1 is 1.29 bits per heavy atom. The number of ether oxygens (including phenoxy) is 1. The molecule has 1 aliphatic heterocycles. The Balaban J connectivity index is 2.21. The maximum atomic E-state index is 10.5. The van der Waals surface area contributed by atoms with Gasteiger partial charge < -0.3 is 15.6 Å². The first-order chi connectivity index (χ1) is 8.18. The molecule has 3 N–H and O–H groups in total. The van der Waals surface area contributed by atoms with E-state index in [0.29, 0.717) is 19.8 Å². The fraction of sp³-hybridized carbons (Fsp3) is 0.538. The van der Waals surface area contributed by atoms with Crippen LogP contribution >= 0.6 is 15.9 Å². The van der Waals surface area contributed by atoms with Crippen molar-refractivity contribution >= 4 is 15.9 Å². The third-order valence-corrected chi connectivity index (χ3v) is 4.19. The maximum absolute atomic E-state index is 10.5. The van der Waals surface area contributed by atoms with Crippen LogP contribution in [0.25, 0.3) is 0 Å². The van der Waals surface area contributed by atoms with Gasteiger partial charge in [0.1, 0.15) is 0 Å². The van der Waals surface area contributed by atoms with E-state index in [-0.39, 0.29) is 5.41 Å². The maximum Gasteiger partial charge on any atom is 0.0860 e. The Morgan fingerprint density at radius 2 is 1.88 bits per heavy atom. The molecule has 2 rings (SSSR count). The molecule has 1 aromatic carbocycles. The minimum Gasteiger partial charge on any atom is -0.388 e. The van der Waals surface area contributed by atoms with E-state index in [9.17, 15) is 5.11 Å². The molecule has 1 saturated heterocycles. The summed E-state index contributed by atoms with van der Waals surface area (Å²) >= 11 is 3.39. The number of hydrogen-bond donors (Lipinski definition) is 2. The van der Waals surface area contributed by atoms with E-state index in [1.54, 1.807) is 0 Å². The van der Waals surface area contributed by atoms with Crippen molar-refractivity contribution < 1.29 is 9.84 Å². The Morgan fingerprint density at radius 3 is 2.41 bits per heavy atom. The van der Waals surface area contributed by atoms with Gasteiger partial charge in [-0.2, -0.15) is 0 Å². The van der Waals surface area contributed by atoms with Crippen LogP contribution in [0.3, 0.4) is 0 Å². The van der Waals surface area contributed by atoms with Crippen molar-refractivity contribution in [3.8, 4) is 0 Å². The van der Waals surface area contributed by atoms with Gasteiger partial charge in [0, 0.05) is 29.6 Å². The summed E-state index contributed by atoms with van der Waals surface area (Å²) in [6, 6.07) is 7.79. The molecule has 1 atom stereocenters. The van der Waals surface area contributed by atoms with Gasteiger partial charge in [0.05, 0.1) is 6.10 Å². The minimum absolute atomic E-state index is 0.230. The second kappa shape index (κ2) is 5.48. The highest BCUT2D eigenvalue weighted by molar-refractivity contribution is 9.10. The number of nitrogens with two attached hydrogens (primary N) is 1. The van der Waals surface area contributed by atoms with Crippen molar-refractivity contribution in [2.24, 2.45) is 11.1 Å². The van der Waals surface area contributed by atoms with Crippen LogP contribution in [0.15, 0.2) is 28.7 Å². The molecule has 1 aliphatic rings. The molecular weight excluding hydrogens is 282 g/mol. The van der Waals surface area contributed by atoms with E-state index in [1.165, 1.54) is 0 Å². The predicted octanol–water partition coefficient (Wildman–Crippen LogP) is 2.24. The second-order valence-corrected chi connectivity index (χ2v) is 5.55. The van der Waals surface area contributed by atoms with E-state index in [4.69, 9.17) is 10.5 Å². The van der Waals surface area contributed by atoms with Gasteiger partial charge in [-0.3, -0.25) is 0 Å². The summed E-state index contributed by atoms with van der Waals surface area (Å²) in [6.45, 7) is 1.86. The summed E-state index contributed by atoms with van der Waals surface area (Å²) < 4.78 is 6.37. The van der Waals surface area contributed by atoms with Crippen molar-refractivity contribution in [1.29, 1.82) is 0 Å². The summed E-state index contributed by atoms with van der Waals surface area (Å²) in [4.78, 5) is 0. The third-order valence-electron chi connectivity index (χ3n) is 3.66. The first-order valence-corrected chi connectivity index (χ1v) is 6.69. The number of rotatable bonds is 3. The molecule has 4 heteroatoms. The van der Waals surface area contributed by atoms with Crippen molar-refractivity contribution in [3.05, 3.63) is 34.3 Å².